The van der Waals surface area contributed by atoms with Crippen molar-refractivity contribution in [2.75, 3.05) is 20.8 Å². The van der Waals surface area contributed by atoms with Gasteiger partial charge in [0.05, 0.1) is 18.7 Å². The lowest BCUT2D eigenvalue weighted by Crippen LogP contribution is -2.14. The van der Waals surface area contributed by atoms with Crippen molar-refractivity contribution >= 4 is 28.3 Å². The fourth-order valence-electron chi connectivity index (χ4n) is 2.16. The Morgan fingerprint density at radius 1 is 1.05 bits per heavy atom. The first-order valence-corrected chi connectivity index (χ1v) is 8.13. The van der Waals surface area contributed by atoms with Crippen LogP contribution in [0.15, 0.2) is 16.6 Å². The molecule has 0 aliphatic carbocycles. The van der Waals surface area contributed by atoms with Gasteiger partial charge >= 0.3 is 0 Å². The molecule has 0 radical (unpaired) electrons. The average molecular weight is 381 g/mol. The van der Waals surface area contributed by atoms with E-state index < -0.39 is 0 Å². The van der Waals surface area contributed by atoms with Gasteiger partial charge in [0, 0.05) is 6.54 Å². The highest BCUT2D eigenvalue weighted by Crippen LogP contribution is 2.36. The van der Waals surface area contributed by atoms with Crippen LogP contribution in [0.2, 0.25) is 0 Å². The predicted octanol–water partition coefficient (Wildman–Crippen LogP) is 4.95. The zero-order valence-corrected chi connectivity index (χ0v) is 15.6. The van der Waals surface area contributed by atoms with Crippen LogP contribution in [-0.4, -0.2) is 20.8 Å². The first-order chi connectivity index (χ1) is 9.72. The molecule has 0 saturated heterocycles. The Kier molecular flexibility index (Phi) is 11.9. The number of methoxy groups -OCH3 is 2. The van der Waals surface area contributed by atoms with Crippen LogP contribution in [-0.2, 0) is 6.54 Å². The molecule has 1 N–H and O–H groups in total. The van der Waals surface area contributed by atoms with Crippen LogP contribution in [0.4, 0.5) is 0 Å². The van der Waals surface area contributed by atoms with Crippen LogP contribution in [0.5, 0.6) is 11.5 Å². The van der Waals surface area contributed by atoms with E-state index in [1.807, 2.05) is 6.07 Å². The molecular formula is C16H27BrClNO2. The summed E-state index contributed by atoms with van der Waals surface area (Å²) < 4.78 is 11.6. The number of unbranched alkanes of at least 4 members (excludes halogenated alkanes) is 4. The molecule has 0 heterocycles. The second kappa shape index (κ2) is 12.1. The molecule has 0 fully saturated rings. The maximum atomic E-state index is 5.35. The van der Waals surface area contributed by atoms with E-state index in [4.69, 9.17) is 9.47 Å². The number of ether oxygens (including phenoxy) is 2. The Hall–Kier alpha value is -0.450. The minimum atomic E-state index is 0. The van der Waals surface area contributed by atoms with Crippen molar-refractivity contribution in [2.24, 2.45) is 0 Å². The number of hydrogen-bond acceptors (Lipinski definition) is 3. The number of nitrogens with one attached hydrogen (secondary N) is 1. The lowest BCUT2D eigenvalue weighted by molar-refractivity contribution is 0.352. The van der Waals surface area contributed by atoms with E-state index in [1.54, 1.807) is 14.2 Å². The van der Waals surface area contributed by atoms with Gasteiger partial charge in [-0.2, -0.15) is 0 Å². The highest BCUT2D eigenvalue weighted by Gasteiger charge is 2.10. The molecule has 122 valence electrons. The molecule has 1 rings (SSSR count). The van der Waals surface area contributed by atoms with E-state index in [2.05, 4.69) is 34.2 Å². The van der Waals surface area contributed by atoms with Crippen molar-refractivity contribution in [3.8, 4) is 11.5 Å². The zero-order valence-electron chi connectivity index (χ0n) is 13.2. The molecule has 1 aromatic rings. The van der Waals surface area contributed by atoms with E-state index >= 15 is 0 Å². The van der Waals surface area contributed by atoms with Gasteiger partial charge in [-0.1, -0.05) is 32.6 Å². The first kappa shape index (κ1) is 20.6. The molecule has 21 heavy (non-hydrogen) atoms. The molecule has 0 aliphatic rings. The van der Waals surface area contributed by atoms with Gasteiger partial charge in [-0.05, 0) is 46.6 Å². The van der Waals surface area contributed by atoms with Gasteiger partial charge in [-0.25, -0.2) is 0 Å². The van der Waals surface area contributed by atoms with Crippen molar-refractivity contribution in [3.05, 3.63) is 22.2 Å². The standard InChI is InChI=1S/C16H26BrNO2.ClH/c1-4-5-6-7-8-9-18-12-13-10-14(17)16(20-3)15(11-13)19-2;/h10-11,18H,4-9,12H2,1-3H3;1H. The van der Waals surface area contributed by atoms with Crippen molar-refractivity contribution in [1.82, 2.24) is 5.32 Å². The third-order valence-electron chi connectivity index (χ3n) is 3.28. The first-order valence-electron chi connectivity index (χ1n) is 7.34. The van der Waals surface area contributed by atoms with Gasteiger partial charge < -0.3 is 14.8 Å². The molecule has 0 unspecified atom stereocenters. The summed E-state index contributed by atoms with van der Waals surface area (Å²) in [6, 6.07) is 4.10. The van der Waals surface area contributed by atoms with Crippen LogP contribution in [0.1, 0.15) is 44.6 Å². The number of benzene rings is 1. The summed E-state index contributed by atoms with van der Waals surface area (Å²) in [7, 11) is 3.31. The number of hydrogen-bond donors (Lipinski definition) is 1. The summed E-state index contributed by atoms with van der Waals surface area (Å²) in [4.78, 5) is 0. The highest BCUT2D eigenvalue weighted by atomic mass is 79.9. The summed E-state index contributed by atoms with van der Waals surface area (Å²) in [5.41, 5.74) is 1.20. The van der Waals surface area contributed by atoms with E-state index in [9.17, 15) is 0 Å². The van der Waals surface area contributed by atoms with E-state index in [0.29, 0.717) is 0 Å². The average Bonchev–Trinajstić information content (AvgIpc) is 2.45. The second-order valence-electron chi connectivity index (χ2n) is 4.90. The Bertz CT molecular complexity index is 402. The van der Waals surface area contributed by atoms with Gasteiger partial charge in [0.25, 0.3) is 0 Å². The molecule has 0 atom stereocenters. The van der Waals surface area contributed by atoms with Crippen molar-refractivity contribution in [3.63, 3.8) is 0 Å². The summed E-state index contributed by atoms with van der Waals surface area (Å²) in [6.45, 7) is 4.16. The summed E-state index contributed by atoms with van der Waals surface area (Å²) in [6.07, 6.45) is 6.56. The molecule has 3 nitrogen and oxygen atoms in total. The van der Waals surface area contributed by atoms with E-state index in [0.717, 1.165) is 29.1 Å². The van der Waals surface area contributed by atoms with Crippen LogP contribution in [0, 0.1) is 0 Å². The third-order valence-corrected chi connectivity index (χ3v) is 3.87. The Balaban J connectivity index is 0.00000400. The van der Waals surface area contributed by atoms with Crippen molar-refractivity contribution in [1.29, 1.82) is 0 Å². The van der Waals surface area contributed by atoms with Crippen molar-refractivity contribution < 1.29 is 9.47 Å². The maximum Gasteiger partial charge on any atom is 0.174 e. The maximum absolute atomic E-state index is 5.35. The van der Waals surface area contributed by atoms with Crippen LogP contribution < -0.4 is 14.8 Å². The molecule has 0 bridgehead atoms. The Labute approximate surface area is 143 Å². The van der Waals surface area contributed by atoms with E-state index in [1.165, 1.54) is 37.7 Å². The quantitative estimate of drug-likeness (QED) is 0.583. The van der Waals surface area contributed by atoms with Crippen molar-refractivity contribution in [2.45, 2.75) is 45.6 Å². The monoisotopic (exact) mass is 379 g/mol. The topological polar surface area (TPSA) is 30.5 Å². The lowest BCUT2D eigenvalue weighted by atomic mass is 10.1. The van der Waals surface area contributed by atoms with Crippen LogP contribution in [0.25, 0.3) is 0 Å². The van der Waals surface area contributed by atoms with Gasteiger partial charge in [-0.3, -0.25) is 0 Å². The summed E-state index contributed by atoms with van der Waals surface area (Å²) in [5, 5.41) is 3.48. The highest BCUT2D eigenvalue weighted by molar-refractivity contribution is 9.10. The normalized spacial score (nSPS) is 10.1. The Morgan fingerprint density at radius 3 is 2.38 bits per heavy atom. The van der Waals surface area contributed by atoms with Gasteiger partial charge in [-0.15, -0.1) is 12.4 Å². The fourth-order valence-corrected chi connectivity index (χ4v) is 2.81. The zero-order chi connectivity index (χ0) is 14.8. The summed E-state index contributed by atoms with van der Waals surface area (Å²) in [5.74, 6) is 1.51. The minimum Gasteiger partial charge on any atom is -0.493 e. The summed E-state index contributed by atoms with van der Waals surface area (Å²) >= 11 is 3.52. The van der Waals surface area contributed by atoms with Crippen LogP contribution >= 0.6 is 28.3 Å². The van der Waals surface area contributed by atoms with Gasteiger partial charge in [0.15, 0.2) is 11.5 Å². The number of halogens is 2. The van der Waals surface area contributed by atoms with Gasteiger partial charge in [0.1, 0.15) is 0 Å². The smallest absolute Gasteiger partial charge is 0.174 e. The van der Waals surface area contributed by atoms with Gasteiger partial charge in [0.2, 0.25) is 0 Å². The molecule has 1 aromatic carbocycles. The molecule has 0 aliphatic heterocycles. The largest absolute Gasteiger partial charge is 0.493 e. The number of rotatable bonds is 10. The second-order valence-corrected chi connectivity index (χ2v) is 5.76. The molecular weight excluding hydrogens is 354 g/mol. The molecule has 0 amide bonds. The van der Waals surface area contributed by atoms with E-state index in [-0.39, 0.29) is 12.4 Å². The fraction of sp³-hybridized carbons (Fsp3) is 0.625. The predicted molar refractivity (Wildman–Crippen MR) is 95.0 cm³/mol. The Morgan fingerprint density at radius 2 is 1.76 bits per heavy atom. The minimum absolute atomic E-state index is 0. The SMILES string of the molecule is CCCCCCCNCc1cc(Br)c(OC)c(OC)c1.Cl. The lowest BCUT2D eigenvalue weighted by Gasteiger charge is -2.12. The molecule has 0 aromatic heterocycles. The molecule has 0 saturated carbocycles. The molecule has 0 spiro atoms. The van der Waals surface area contributed by atoms with Crippen LogP contribution in [0.3, 0.4) is 0 Å². The molecule has 5 heteroatoms. The third kappa shape index (κ3) is 7.39.